The number of hydrogen-bond acceptors (Lipinski definition) is 3. The molecule has 2 rings (SSSR count). The maximum Gasteiger partial charge on any atom is 0.118 e. The second-order valence-electron chi connectivity index (χ2n) is 4.88. The topological polar surface area (TPSA) is 50.1 Å². The standard InChI is InChI=1S/C15H21N3O/c1-10-11(2)17-18(4)15(10)13-5-6-14(19)12(9-13)7-8-16-3/h5-6,9,16,19H,7-8H2,1-4H3. The lowest BCUT2D eigenvalue weighted by Crippen LogP contribution is -2.10. The van der Waals surface area contributed by atoms with E-state index in [0.717, 1.165) is 35.5 Å². The summed E-state index contributed by atoms with van der Waals surface area (Å²) in [5.41, 5.74) is 5.41. The zero-order chi connectivity index (χ0) is 14.0. The first-order chi connectivity index (χ1) is 9.04. The van der Waals surface area contributed by atoms with Gasteiger partial charge in [-0.25, -0.2) is 0 Å². The lowest BCUT2D eigenvalue weighted by atomic mass is 10.0. The van der Waals surface area contributed by atoms with Gasteiger partial charge in [0, 0.05) is 12.6 Å². The lowest BCUT2D eigenvalue weighted by molar-refractivity contribution is 0.467. The minimum atomic E-state index is 0.357. The normalized spacial score (nSPS) is 10.9. The monoisotopic (exact) mass is 259 g/mol. The Balaban J connectivity index is 2.45. The molecule has 0 amide bonds. The van der Waals surface area contributed by atoms with Crippen molar-refractivity contribution in [3.63, 3.8) is 0 Å². The molecule has 0 aliphatic carbocycles. The molecule has 1 heterocycles. The van der Waals surface area contributed by atoms with E-state index in [-0.39, 0.29) is 0 Å². The van der Waals surface area contributed by atoms with Crippen molar-refractivity contribution in [3.05, 3.63) is 35.0 Å². The number of rotatable bonds is 4. The van der Waals surface area contributed by atoms with Crippen LogP contribution in [0, 0.1) is 13.8 Å². The zero-order valence-electron chi connectivity index (χ0n) is 12.0. The first kappa shape index (κ1) is 13.6. The van der Waals surface area contributed by atoms with Crippen LogP contribution >= 0.6 is 0 Å². The molecule has 0 saturated carbocycles. The molecule has 0 bridgehead atoms. The predicted octanol–water partition coefficient (Wildman–Crippen LogP) is 2.17. The highest BCUT2D eigenvalue weighted by atomic mass is 16.3. The third kappa shape index (κ3) is 2.63. The summed E-state index contributed by atoms with van der Waals surface area (Å²) < 4.78 is 1.90. The van der Waals surface area contributed by atoms with Crippen LogP contribution in [0.3, 0.4) is 0 Å². The van der Waals surface area contributed by atoms with Crippen molar-refractivity contribution >= 4 is 0 Å². The number of hydrogen-bond donors (Lipinski definition) is 2. The number of nitrogens with zero attached hydrogens (tertiary/aromatic N) is 2. The Bertz CT molecular complexity index is 587. The number of aromatic hydroxyl groups is 1. The number of benzene rings is 1. The van der Waals surface area contributed by atoms with Gasteiger partial charge in [0.2, 0.25) is 0 Å². The molecule has 1 aromatic heterocycles. The fourth-order valence-electron chi connectivity index (χ4n) is 2.36. The fraction of sp³-hybridized carbons (Fsp3) is 0.400. The van der Waals surface area contributed by atoms with Gasteiger partial charge in [0.1, 0.15) is 5.75 Å². The van der Waals surface area contributed by atoms with Gasteiger partial charge < -0.3 is 10.4 Å². The molecule has 19 heavy (non-hydrogen) atoms. The molecule has 0 unspecified atom stereocenters. The van der Waals surface area contributed by atoms with Crippen molar-refractivity contribution in [3.8, 4) is 17.0 Å². The van der Waals surface area contributed by atoms with Gasteiger partial charge in [-0.2, -0.15) is 5.10 Å². The van der Waals surface area contributed by atoms with Gasteiger partial charge in [0.05, 0.1) is 11.4 Å². The maximum absolute atomic E-state index is 9.90. The molecule has 0 radical (unpaired) electrons. The smallest absolute Gasteiger partial charge is 0.118 e. The van der Waals surface area contributed by atoms with Crippen LogP contribution in [-0.2, 0) is 13.5 Å². The molecule has 0 saturated heterocycles. The molecule has 0 aliphatic rings. The fourth-order valence-corrected chi connectivity index (χ4v) is 2.36. The molecule has 4 nitrogen and oxygen atoms in total. The predicted molar refractivity (Wildman–Crippen MR) is 77.4 cm³/mol. The summed E-state index contributed by atoms with van der Waals surface area (Å²) >= 11 is 0. The summed E-state index contributed by atoms with van der Waals surface area (Å²) in [6, 6.07) is 5.76. The Kier molecular flexibility index (Phi) is 3.90. The van der Waals surface area contributed by atoms with E-state index in [1.54, 1.807) is 6.07 Å². The van der Waals surface area contributed by atoms with Crippen molar-refractivity contribution in [1.29, 1.82) is 0 Å². The van der Waals surface area contributed by atoms with Crippen LogP contribution in [0.2, 0.25) is 0 Å². The largest absolute Gasteiger partial charge is 0.508 e. The summed E-state index contributed by atoms with van der Waals surface area (Å²) in [5.74, 6) is 0.357. The molecule has 2 N–H and O–H groups in total. The number of aryl methyl sites for hydroxylation is 2. The average molecular weight is 259 g/mol. The number of likely N-dealkylation sites (N-methyl/N-ethyl adjacent to an activating group) is 1. The minimum Gasteiger partial charge on any atom is -0.508 e. The van der Waals surface area contributed by atoms with E-state index >= 15 is 0 Å². The molecule has 0 aliphatic heterocycles. The molecule has 0 fully saturated rings. The first-order valence-corrected chi connectivity index (χ1v) is 6.51. The molecule has 0 spiro atoms. The van der Waals surface area contributed by atoms with E-state index in [1.165, 1.54) is 5.56 Å². The van der Waals surface area contributed by atoms with Gasteiger partial charge in [-0.3, -0.25) is 4.68 Å². The quantitative estimate of drug-likeness (QED) is 0.884. The van der Waals surface area contributed by atoms with Gasteiger partial charge in [0.15, 0.2) is 0 Å². The van der Waals surface area contributed by atoms with Gasteiger partial charge >= 0.3 is 0 Å². The van der Waals surface area contributed by atoms with Gasteiger partial charge in [0.25, 0.3) is 0 Å². The van der Waals surface area contributed by atoms with Crippen LogP contribution in [0.4, 0.5) is 0 Å². The van der Waals surface area contributed by atoms with Crippen molar-refractivity contribution < 1.29 is 5.11 Å². The third-order valence-corrected chi connectivity index (χ3v) is 3.52. The Morgan fingerprint density at radius 2 is 2.05 bits per heavy atom. The Morgan fingerprint density at radius 3 is 2.63 bits per heavy atom. The highest BCUT2D eigenvalue weighted by Gasteiger charge is 2.12. The van der Waals surface area contributed by atoms with E-state index in [9.17, 15) is 5.11 Å². The van der Waals surface area contributed by atoms with E-state index in [1.807, 2.05) is 31.8 Å². The minimum absolute atomic E-state index is 0.357. The van der Waals surface area contributed by atoms with Crippen LogP contribution in [0.25, 0.3) is 11.3 Å². The average Bonchev–Trinajstić information content (AvgIpc) is 2.63. The molecule has 2 aromatic rings. The molecule has 0 atom stereocenters. The SMILES string of the molecule is CNCCc1cc(-c2c(C)c(C)nn2C)ccc1O. The summed E-state index contributed by atoms with van der Waals surface area (Å²) in [4.78, 5) is 0. The Morgan fingerprint density at radius 1 is 1.32 bits per heavy atom. The van der Waals surface area contributed by atoms with Gasteiger partial charge in [-0.15, -0.1) is 0 Å². The van der Waals surface area contributed by atoms with Crippen LogP contribution in [-0.4, -0.2) is 28.5 Å². The Labute approximate surface area is 114 Å². The van der Waals surface area contributed by atoms with Crippen molar-refractivity contribution in [2.24, 2.45) is 7.05 Å². The van der Waals surface area contributed by atoms with Crippen molar-refractivity contribution in [1.82, 2.24) is 15.1 Å². The third-order valence-electron chi connectivity index (χ3n) is 3.52. The van der Waals surface area contributed by atoms with Crippen molar-refractivity contribution in [2.45, 2.75) is 20.3 Å². The highest BCUT2D eigenvalue weighted by molar-refractivity contribution is 5.66. The summed E-state index contributed by atoms with van der Waals surface area (Å²) in [6.07, 6.45) is 0.812. The van der Waals surface area contributed by atoms with Gasteiger partial charge in [-0.1, -0.05) is 0 Å². The molecular formula is C15H21N3O. The second kappa shape index (κ2) is 5.45. The molecule has 1 aromatic carbocycles. The summed E-state index contributed by atoms with van der Waals surface area (Å²) in [7, 11) is 3.87. The van der Waals surface area contributed by atoms with E-state index in [0.29, 0.717) is 5.75 Å². The highest BCUT2D eigenvalue weighted by Crippen LogP contribution is 2.29. The number of phenolic OH excluding ortho intramolecular Hbond substituents is 1. The number of phenols is 1. The summed E-state index contributed by atoms with van der Waals surface area (Å²) in [5, 5.41) is 17.4. The van der Waals surface area contributed by atoms with Crippen molar-refractivity contribution in [2.75, 3.05) is 13.6 Å². The van der Waals surface area contributed by atoms with E-state index < -0.39 is 0 Å². The molecule has 4 heteroatoms. The lowest BCUT2D eigenvalue weighted by Gasteiger charge is -2.09. The molecule has 102 valence electrons. The zero-order valence-corrected chi connectivity index (χ0v) is 12.0. The van der Waals surface area contributed by atoms with E-state index in [4.69, 9.17) is 0 Å². The van der Waals surface area contributed by atoms with Crippen LogP contribution in [0.5, 0.6) is 5.75 Å². The van der Waals surface area contributed by atoms with E-state index in [2.05, 4.69) is 23.4 Å². The summed E-state index contributed by atoms with van der Waals surface area (Å²) in [6.45, 7) is 4.94. The maximum atomic E-state index is 9.90. The second-order valence-corrected chi connectivity index (χ2v) is 4.88. The first-order valence-electron chi connectivity index (χ1n) is 6.51. The number of aromatic nitrogens is 2. The van der Waals surface area contributed by atoms with Crippen LogP contribution in [0.1, 0.15) is 16.8 Å². The molecular weight excluding hydrogens is 238 g/mol. The Hall–Kier alpha value is -1.81. The number of nitrogens with one attached hydrogen (secondary N) is 1. The van der Waals surface area contributed by atoms with Crippen LogP contribution in [0.15, 0.2) is 18.2 Å². The van der Waals surface area contributed by atoms with Crippen LogP contribution < -0.4 is 5.32 Å². The van der Waals surface area contributed by atoms with Gasteiger partial charge in [-0.05, 0) is 63.2 Å².